The van der Waals surface area contributed by atoms with Gasteiger partial charge in [-0.15, -0.1) is 0 Å². The lowest BCUT2D eigenvalue weighted by atomic mass is 10.1. The fraction of sp³-hybridized carbons (Fsp3) is 0.429. The van der Waals surface area contributed by atoms with E-state index in [1.807, 2.05) is 0 Å². The summed E-state index contributed by atoms with van der Waals surface area (Å²) in [4.78, 5) is 0. The Hall–Kier alpha value is -0.920. The summed E-state index contributed by atoms with van der Waals surface area (Å²) >= 11 is 0. The predicted molar refractivity (Wildman–Crippen MR) is 35.3 cm³/mol. The standard InChI is InChI=1S/C7H10O2/c1-5-4-6(8)2-3-7(5)9/h4,8-9H,2-3H2,1H3. The molecule has 0 aromatic heterocycles. The van der Waals surface area contributed by atoms with Crippen molar-refractivity contribution in [3.63, 3.8) is 0 Å². The predicted octanol–water partition coefficient (Wildman–Crippen LogP) is 2.05. The minimum atomic E-state index is 0.366. The fourth-order valence-corrected chi connectivity index (χ4v) is 0.849. The average molecular weight is 126 g/mol. The summed E-state index contributed by atoms with van der Waals surface area (Å²) < 4.78 is 0. The van der Waals surface area contributed by atoms with Gasteiger partial charge in [-0.25, -0.2) is 0 Å². The highest BCUT2D eigenvalue weighted by Gasteiger charge is 2.06. The summed E-state index contributed by atoms with van der Waals surface area (Å²) in [5.41, 5.74) is 0.777. The highest BCUT2D eigenvalue weighted by atomic mass is 16.3. The van der Waals surface area contributed by atoms with Crippen LogP contribution in [-0.2, 0) is 0 Å². The second kappa shape index (κ2) is 2.13. The molecule has 0 aromatic rings. The number of hydrogen-bond acceptors (Lipinski definition) is 2. The van der Waals surface area contributed by atoms with Gasteiger partial charge in [0.1, 0.15) is 0 Å². The molecule has 0 amide bonds. The third kappa shape index (κ3) is 1.25. The van der Waals surface area contributed by atoms with Gasteiger partial charge in [0, 0.05) is 12.8 Å². The van der Waals surface area contributed by atoms with Crippen molar-refractivity contribution < 1.29 is 10.2 Å². The SMILES string of the molecule is CC1=C(O)CCC(O)=C1. The Kier molecular flexibility index (Phi) is 1.47. The Morgan fingerprint density at radius 2 is 2.00 bits per heavy atom. The van der Waals surface area contributed by atoms with Crippen LogP contribution < -0.4 is 0 Å². The first-order valence-corrected chi connectivity index (χ1v) is 2.98. The summed E-state index contributed by atoms with van der Waals surface area (Å²) in [5.74, 6) is 0.762. The van der Waals surface area contributed by atoms with E-state index in [1.165, 1.54) is 0 Å². The summed E-state index contributed by atoms with van der Waals surface area (Å²) in [6, 6.07) is 0. The second-order valence-corrected chi connectivity index (χ2v) is 2.27. The zero-order chi connectivity index (χ0) is 6.85. The van der Waals surface area contributed by atoms with Gasteiger partial charge in [0.2, 0.25) is 0 Å². The van der Waals surface area contributed by atoms with Crippen LogP contribution in [0.3, 0.4) is 0 Å². The molecule has 2 N–H and O–H groups in total. The van der Waals surface area contributed by atoms with Crippen LogP contribution in [0.4, 0.5) is 0 Å². The Labute approximate surface area is 54.1 Å². The molecule has 1 aliphatic rings. The van der Waals surface area contributed by atoms with Gasteiger partial charge in [-0.2, -0.15) is 0 Å². The topological polar surface area (TPSA) is 40.5 Å². The van der Waals surface area contributed by atoms with E-state index in [2.05, 4.69) is 0 Å². The van der Waals surface area contributed by atoms with Gasteiger partial charge in [0.05, 0.1) is 11.5 Å². The average Bonchev–Trinajstić information content (AvgIpc) is 1.80. The van der Waals surface area contributed by atoms with Crippen molar-refractivity contribution in [3.05, 3.63) is 23.2 Å². The molecule has 2 nitrogen and oxygen atoms in total. The van der Waals surface area contributed by atoms with Crippen LogP contribution in [0.2, 0.25) is 0 Å². The highest BCUT2D eigenvalue weighted by molar-refractivity contribution is 5.25. The first-order chi connectivity index (χ1) is 4.20. The lowest BCUT2D eigenvalue weighted by molar-refractivity contribution is 0.338. The van der Waals surface area contributed by atoms with Crippen LogP contribution in [-0.4, -0.2) is 10.2 Å². The van der Waals surface area contributed by atoms with Crippen LogP contribution in [0, 0.1) is 0 Å². The number of aliphatic hydroxyl groups is 2. The smallest absolute Gasteiger partial charge is 0.0957 e. The molecular formula is C7H10O2. The van der Waals surface area contributed by atoms with E-state index >= 15 is 0 Å². The molecule has 0 unspecified atom stereocenters. The minimum absolute atomic E-state index is 0.366. The maximum absolute atomic E-state index is 9.02. The molecular weight excluding hydrogens is 116 g/mol. The van der Waals surface area contributed by atoms with Gasteiger partial charge >= 0.3 is 0 Å². The lowest BCUT2D eigenvalue weighted by Crippen LogP contribution is -1.95. The summed E-state index contributed by atoms with van der Waals surface area (Å²) in [6.07, 6.45) is 2.75. The molecule has 0 saturated heterocycles. The largest absolute Gasteiger partial charge is 0.512 e. The maximum Gasteiger partial charge on any atom is 0.0957 e. The Balaban J connectivity index is 2.83. The first kappa shape index (κ1) is 6.20. The van der Waals surface area contributed by atoms with Crippen molar-refractivity contribution in [3.8, 4) is 0 Å². The third-order valence-corrected chi connectivity index (χ3v) is 1.46. The Bertz CT molecular complexity index is 177. The van der Waals surface area contributed by atoms with Crippen molar-refractivity contribution in [1.82, 2.24) is 0 Å². The zero-order valence-corrected chi connectivity index (χ0v) is 5.39. The molecule has 0 heterocycles. The molecule has 1 rings (SSSR count). The molecule has 0 aliphatic heterocycles. The van der Waals surface area contributed by atoms with Crippen molar-refractivity contribution in [2.45, 2.75) is 19.8 Å². The van der Waals surface area contributed by atoms with Gasteiger partial charge in [-0.3, -0.25) is 0 Å². The van der Waals surface area contributed by atoms with Gasteiger partial charge in [0.25, 0.3) is 0 Å². The van der Waals surface area contributed by atoms with E-state index in [9.17, 15) is 0 Å². The molecule has 0 fully saturated rings. The minimum Gasteiger partial charge on any atom is -0.512 e. The maximum atomic E-state index is 9.02. The van der Waals surface area contributed by atoms with E-state index in [1.54, 1.807) is 13.0 Å². The molecule has 0 aromatic carbocycles. The molecule has 9 heavy (non-hydrogen) atoms. The summed E-state index contributed by atoms with van der Waals surface area (Å²) in [6.45, 7) is 1.78. The number of hydrogen-bond donors (Lipinski definition) is 2. The van der Waals surface area contributed by atoms with E-state index in [4.69, 9.17) is 10.2 Å². The fourth-order valence-electron chi connectivity index (χ4n) is 0.849. The van der Waals surface area contributed by atoms with Gasteiger partial charge in [-0.05, 0) is 18.6 Å². The van der Waals surface area contributed by atoms with Crippen LogP contribution in [0.1, 0.15) is 19.8 Å². The first-order valence-electron chi connectivity index (χ1n) is 2.98. The van der Waals surface area contributed by atoms with Gasteiger partial charge < -0.3 is 10.2 Å². The van der Waals surface area contributed by atoms with Crippen molar-refractivity contribution in [2.24, 2.45) is 0 Å². The number of allylic oxidation sites excluding steroid dienone is 4. The normalized spacial score (nSPS) is 19.9. The summed E-state index contributed by atoms with van der Waals surface area (Å²) in [5, 5.41) is 17.9. The lowest BCUT2D eigenvalue weighted by Gasteiger charge is -2.08. The quantitative estimate of drug-likeness (QED) is 0.521. The Morgan fingerprint density at radius 3 is 2.44 bits per heavy atom. The van der Waals surface area contributed by atoms with Gasteiger partial charge in [-0.1, -0.05) is 0 Å². The molecule has 0 spiro atoms. The molecule has 0 atom stereocenters. The number of aliphatic hydroxyl groups excluding tert-OH is 2. The molecule has 0 saturated carbocycles. The monoisotopic (exact) mass is 126 g/mol. The van der Waals surface area contributed by atoms with E-state index < -0.39 is 0 Å². The van der Waals surface area contributed by atoms with E-state index in [0.717, 1.165) is 5.57 Å². The Morgan fingerprint density at radius 1 is 1.33 bits per heavy atom. The van der Waals surface area contributed by atoms with Crippen molar-refractivity contribution in [1.29, 1.82) is 0 Å². The number of rotatable bonds is 0. The van der Waals surface area contributed by atoms with Crippen LogP contribution in [0.5, 0.6) is 0 Å². The van der Waals surface area contributed by atoms with Crippen molar-refractivity contribution in [2.75, 3.05) is 0 Å². The van der Waals surface area contributed by atoms with Crippen LogP contribution in [0.25, 0.3) is 0 Å². The summed E-state index contributed by atoms with van der Waals surface area (Å²) in [7, 11) is 0. The zero-order valence-electron chi connectivity index (χ0n) is 5.39. The molecule has 0 bridgehead atoms. The highest BCUT2D eigenvalue weighted by Crippen LogP contribution is 2.19. The third-order valence-electron chi connectivity index (χ3n) is 1.46. The van der Waals surface area contributed by atoms with E-state index in [0.29, 0.717) is 24.4 Å². The van der Waals surface area contributed by atoms with Crippen molar-refractivity contribution >= 4 is 0 Å². The van der Waals surface area contributed by atoms with Crippen LogP contribution >= 0.6 is 0 Å². The second-order valence-electron chi connectivity index (χ2n) is 2.27. The van der Waals surface area contributed by atoms with Crippen LogP contribution in [0.15, 0.2) is 23.2 Å². The molecule has 1 aliphatic carbocycles. The molecule has 0 radical (unpaired) electrons. The van der Waals surface area contributed by atoms with Gasteiger partial charge in [0.15, 0.2) is 0 Å². The van der Waals surface area contributed by atoms with E-state index in [-0.39, 0.29) is 0 Å². The molecule has 50 valence electrons. The molecule has 2 heteroatoms.